The van der Waals surface area contributed by atoms with E-state index in [0.717, 1.165) is 5.56 Å². The summed E-state index contributed by atoms with van der Waals surface area (Å²) in [7, 11) is 0. The van der Waals surface area contributed by atoms with Crippen LogP contribution in [0.2, 0.25) is 0 Å². The molecule has 1 atom stereocenters. The first-order valence-corrected chi connectivity index (χ1v) is 9.48. The van der Waals surface area contributed by atoms with Gasteiger partial charge in [-0.3, -0.25) is 4.79 Å². The Labute approximate surface area is 163 Å². The molecule has 4 N–H and O–H groups in total. The number of carbonyl (C=O) groups excluding carboxylic acids is 2. The van der Waals surface area contributed by atoms with Gasteiger partial charge in [0.1, 0.15) is 5.60 Å². The zero-order valence-corrected chi connectivity index (χ0v) is 17.3. The van der Waals surface area contributed by atoms with E-state index in [9.17, 15) is 9.59 Å². The van der Waals surface area contributed by atoms with Crippen LogP contribution in [0.25, 0.3) is 0 Å². The number of rotatable bonds is 9. The molecule has 152 valence electrons. The smallest absolute Gasteiger partial charge is 0.407 e. The Hall–Kier alpha value is -2.08. The quantitative estimate of drug-likeness (QED) is 0.617. The van der Waals surface area contributed by atoms with Crippen molar-refractivity contribution in [1.29, 1.82) is 0 Å². The fourth-order valence-corrected chi connectivity index (χ4v) is 2.45. The summed E-state index contributed by atoms with van der Waals surface area (Å²) >= 11 is 0. The van der Waals surface area contributed by atoms with Gasteiger partial charge in [0.25, 0.3) is 0 Å². The van der Waals surface area contributed by atoms with Crippen molar-refractivity contribution in [2.45, 2.75) is 53.1 Å². The van der Waals surface area contributed by atoms with Crippen molar-refractivity contribution in [3.8, 4) is 0 Å². The van der Waals surface area contributed by atoms with Crippen LogP contribution < -0.4 is 16.4 Å². The summed E-state index contributed by atoms with van der Waals surface area (Å²) in [6, 6.07) is 9.94. The van der Waals surface area contributed by atoms with E-state index in [4.69, 9.17) is 10.5 Å². The molecule has 27 heavy (non-hydrogen) atoms. The van der Waals surface area contributed by atoms with Crippen molar-refractivity contribution >= 4 is 12.0 Å². The Bertz CT molecular complexity index is 594. The topological polar surface area (TPSA) is 93.5 Å². The maximum Gasteiger partial charge on any atom is 0.407 e. The summed E-state index contributed by atoms with van der Waals surface area (Å²) in [5, 5.41) is 5.74. The number of nitrogens with one attached hydrogen (secondary N) is 2. The van der Waals surface area contributed by atoms with Crippen LogP contribution in [-0.4, -0.2) is 37.2 Å². The molecule has 1 aromatic rings. The molecule has 0 saturated heterocycles. The number of ether oxygens (including phenoxy) is 1. The van der Waals surface area contributed by atoms with Gasteiger partial charge in [0, 0.05) is 19.5 Å². The van der Waals surface area contributed by atoms with Crippen LogP contribution >= 0.6 is 0 Å². The Balaban J connectivity index is 2.64. The lowest BCUT2D eigenvalue weighted by atomic mass is 9.93. The summed E-state index contributed by atoms with van der Waals surface area (Å²) in [4.78, 5) is 24.3. The number of hydrogen-bond donors (Lipinski definition) is 3. The van der Waals surface area contributed by atoms with E-state index in [1.54, 1.807) is 0 Å². The van der Waals surface area contributed by atoms with Crippen LogP contribution in [0.5, 0.6) is 0 Å². The molecule has 0 aliphatic heterocycles. The predicted octanol–water partition coefficient (Wildman–Crippen LogP) is 2.86. The highest BCUT2D eigenvalue weighted by molar-refractivity contribution is 5.76. The van der Waals surface area contributed by atoms with Gasteiger partial charge >= 0.3 is 6.09 Å². The molecule has 0 fully saturated rings. The monoisotopic (exact) mass is 377 g/mol. The lowest BCUT2D eigenvalue weighted by molar-refractivity contribution is -0.122. The first-order valence-electron chi connectivity index (χ1n) is 9.48. The van der Waals surface area contributed by atoms with Crippen molar-refractivity contribution < 1.29 is 14.3 Å². The first kappa shape index (κ1) is 23.0. The van der Waals surface area contributed by atoms with Crippen LogP contribution in [-0.2, 0) is 16.0 Å². The third kappa shape index (κ3) is 10.6. The Morgan fingerprint density at radius 2 is 1.70 bits per heavy atom. The molecule has 0 bridgehead atoms. The zero-order chi connectivity index (χ0) is 20.5. The van der Waals surface area contributed by atoms with E-state index >= 15 is 0 Å². The third-order valence-corrected chi connectivity index (χ3v) is 4.09. The number of nitrogens with two attached hydrogens (primary N) is 1. The Morgan fingerprint density at radius 1 is 1.07 bits per heavy atom. The van der Waals surface area contributed by atoms with Crippen molar-refractivity contribution in [1.82, 2.24) is 10.6 Å². The number of carbonyl (C=O) groups is 2. The maximum atomic E-state index is 12.4. The summed E-state index contributed by atoms with van der Waals surface area (Å²) < 4.78 is 5.29. The molecular formula is C21H35N3O3. The van der Waals surface area contributed by atoms with Gasteiger partial charge in [-0.1, -0.05) is 44.2 Å². The van der Waals surface area contributed by atoms with E-state index < -0.39 is 11.7 Å². The molecule has 6 heteroatoms. The average molecular weight is 378 g/mol. The summed E-state index contributed by atoms with van der Waals surface area (Å²) in [5.41, 5.74) is 6.15. The zero-order valence-electron chi connectivity index (χ0n) is 17.3. The second kappa shape index (κ2) is 10.3. The lowest BCUT2D eigenvalue weighted by Crippen LogP contribution is -2.40. The number of hydrogen-bond acceptors (Lipinski definition) is 4. The standard InChI is InChI=1S/C21H35N3O3/c1-20(2,3)27-19(26)23-13-17(11-16-9-7-6-8-10-16)12-18(25)24-15-21(4,5)14-22/h6-10,17H,11-15,22H2,1-5H3,(H,23,26)(H,24,25). The second-order valence-electron chi connectivity index (χ2n) is 8.79. The molecule has 0 radical (unpaired) electrons. The SMILES string of the molecule is CC(C)(CN)CNC(=O)CC(CNC(=O)OC(C)(C)C)Cc1ccccc1. The molecule has 1 aromatic carbocycles. The van der Waals surface area contributed by atoms with Gasteiger partial charge in [0.05, 0.1) is 0 Å². The summed E-state index contributed by atoms with van der Waals surface area (Å²) in [5.74, 6) is -0.0654. The molecule has 0 aromatic heterocycles. The van der Waals surface area contributed by atoms with E-state index in [2.05, 4.69) is 10.6 Å². The van der Waals surface area contributed by atoms with E-state index in [1.807, 2.05) is 65.0 Å². The highest BCUT2D eigenvalue weighted by atomic mass is 16.6. The van der Waals surface area contributed by atoms with Crippen molar-refractivity contribution in [3.05, 3.63) is 35.9 Å². The van der Waals surface area contributed by atoms with Gasteiger partial charge in [0.15, 0.2) is 0 Å². The minimum Gasteiger partial charge on any atom is -0.444 e. The van der Waals surface area contributed by atoms with Gasteiger partial charge in [-0.15, -0.1) is 0 Å². The van der Waals surface area contributed by atoms with Crippen LogP contribution in [0.3, 0.4) is 0 Å². The molecule has 0 aliphatic carbocycles. The van der Waals surface area contributed by atoms with Crippen molar-refractivity contribution in [2.75, 3.05) is 19.6 Å². The van der Waals surface area contributed by atoms with E-state index in [1.165, 1.54) is 0 Å². The average Bonchev–Trinajstić information content (AvgIpc) is 2.57. The van der Waals surface area contributed by atoms with E-state index in [-0.39, 0.29) is 17.2 Å². The fourth-order valence-electron chi connectivity index (χ4n) is 2.45. The van der Waals surface area contributed by atoms with Gasteiger partial charge < -0.3 is 21.1 Å². The van der Waals surface area contributed by atoms with Gasteiger partial charge in [-0.05, 0) is 50.6 Å². The van der Waals surface area contributed by atoms with Crippen LogP contribution in [0.15, 0.2) is 30.3 Å². The second-order valence-corrected chi connectivity index (χ2v) is 8.79. The molecular weight excluding hydrogens is 342 g/mol. The van der Waals surface area contributed by atoms with Gasteiger partial charge in [-0.2, -0.15) is 0 Å². The molecule has 6 nitrogen and oxygen atoms in total. The molecule has 0 heterocycles. The maximum absolute atomic E-state index is 12.4. The molecule has 0 saturated carbocycles. The third-order valence-electron chi connectivity index (χ3n) is 4.09. The minimum atomic E-state index is -0.551. The van der Waals surface area contributed by atoms with Crippen molar-refractivity contribution in [3.63, 3.8) is 0 Å². The molecule has 1 unspecified atom stereocenters. The molecule has 0 spiro atoms. The van der Waals surface area contributed by atoms with Crippen molar-refractivity contribution in [2.24, 2.45) is 17.1 Å². The lowest BCUT2D eigenvalue weighted by Gasteiger charge is -2.24. The Kier molecular flexibility index (Phi) is 8.76. The number of alkyl carbamates (subject to hydrolysis) is 1. The molecule has 1 rings (SSSR count). The summed E-state index contributed by atoms with van der Waals surface area (Å²) in [6.45, 7) is 10.9. The normalized spacial score (nSPS) is 13.0. The highest BCUT2D eigenvalue weighted by Gasteiger charge is 2.21. The Morgan fingerprint density at radius 3 is 2.26 bits per heavy atom. The number of benzene rings is 1. The van der Waals surface area contributed by atoms with Gasteiger partial charge in [0.2, 0.25) is 5.91 Å². The first-order chi connectivity index (χ1) is 12.5. The number of amides is 2. The molecule has 0 aliphatic rings. The van der Waals surface area contributed by atoms with Crippen LogP contribution in [0.4, 0.5) is 4.79 Å². The van der Waals surface area contributed by atoms with Crippen LogP contribution in [0.1, 0.15) is 46.6 Å². The largest absolute Gasteiger partial charge is 0.444 e. The van der Waals surface area contributed by atoms with Crippen LogP contribution in [0, 0.1) is 11.3 Å². The minimum absolute atomic E-state index is 0.0269. The predicted molar refractivity (Wildman–Crippen MR) is 108 cm³/mol. The van der Waals surface area contributed by atoms with E-state index in [0.29, 0.717) is 32.5 Å². The fraction of sp³-hybridized carbons (Fsp3) is 0.619. The van der Waals surface area contributed by atoms with Gasteiger partial charge in [-0.25, -0.2) is 4.79 Å². The highest BCUT2D eigenvalue weighted by Crippen LogP contribution is 2.14. The summed E-state index contributed by atoms with van der Waals surface area (Å²) in [6.07, 6.45) is 0.556. The molecule has 2 amide bonds.